The van der Waals surface area contributed by atoms with Gasteiger partial charge >= 0.3 is 0 Å². The van der Waals surface area contributed by atoms with Crippen molar-refractivity contribution < 1.29 is 5.11 Å². The van der Waals surface area contributed by atoms with Gasteiger partial charge in [-0.15, -0.1) is 0 Å². The van der Waals surface area contributed by atoms with Gasteiger partial charge in [0.05, 0.1) is 5.60 Å². The van der Waals surface area contributed by atoms with E-state index in [0.717, 1.165) is 42.0 Å². The molecule has 0 amide bonds. The first-order valence-corrected chi connectivity index (χ1v) is 6.48. The fourth-order valence-electron chi connectivity index (χ4n) is 1.96. The van der Waals surface area contributed by atoms with E-state index in [1.165, 1.54) is 0 Å². The number of hydrogen-bond acceptors (Lipinski definition) is 5. The zero-order chi connectivity index (χ0) is 12.5. The van der Waals surface area contributed by atoms with Gasteiger partial charge in [-0.1, -0.05) is 0 Å². The van der Waals surface area contributed by atoms with Crippen molar-refractivity contribution in [2.24, 2.45) is 0 Å². The summed E-state index contributed by atoms with van der Waals surface area (Å²) in [6.45, 7) is 3.51. The van der Waals surface area contributed by atoms with E-state index in [9.17, 15) is 5.11 Å². The summed E-state index contributed by atoms with van der Waals surface area (Å²) >= 11 is 3.51. The van der Waals surface area contributed by atoms with Gasteiger partial charge in [-0.05, 0) is 35.7 Å². The van der Waals surface area contributed by atoms with Crippen LogP contribution in [0.25, 0.3) is 0 Å². The minimum atomic E-state index is -0.540. The highest BCUT2D eigenvalue weighted by atomic mass is 79.9. The predicted molar refractivity (Wildman–Crippen MR) is 71.3 cm³/mol. The van der Waals surface area contributed by atoms with Crippen molar-refractivity contribution in [3.63, 3.8) is 0 Å². The highest BCUT2D eigenvalue weighted by Gasteiger charge is 2.29. The molecule has 1 fully saturated rings. The van der Waals surface area contributed by atoms with Crippen molar-refractivity contribution in [1.82, 2.24) is 9.97 Å². The third-order valence-electron chi connectivity index (χ3n) is 3.15. The number of aromatic nitrogens is 2. The van der Waals surface area contributed by atoms with Crippen LogP contribution in [-0.2, 0) is 0 Å². The molecule has 5 nitrogen and oxygen atoms in total. The van der Waals surface area contributed by atoms with Gasteiger partial charge in [-0.25, -0.2) is 9.97 Å². The standard InChI is InChI=1S/C11H17BrN4O/c1-11(17)3-5-16(6-4-11)10-8(12)9(13-2)14-7-15-10/h7,17H,3-6H2,1-2H3,(H,13,14,15). The minimum Gasteiger partial charge on any atom is -0.390 e. The van der Waals surface area contributed by atoms with Crippen LogP contribution in [0, 0.1) is 0 Å². The second-order valence-corrected chi connectivity index (χ2v) is 5.39. The maximum absolute atomic E-state index is 9.93. The van der Waals surface area contributed by atoms with Gasteiger partial charge in [-0.3, -0.25) is 0 Å². The summed E-state index contributed by atoms with van der Waals surface area (Å²) in [5.41, 5.74) is -0.540. The van der Waals surface area contributed by atoms with E-state index in [1.807, 2.05) is 14.0 Å². The summed E-state index contributed by atoms with van der Waals surface area (Å²) < 4.78 is 0.879. The summed E-state index contributed by atoms with van der Waals surface area (Å²) in [7, 11) is 1.83. The zero-order valence-corrected chi connectivity index (χ0v) is 11.7. The second-order valence-electron chi connectivity index (χ2n) is 4.59. The zero-order valence-electron chi connectivity index (χ0n) is 10.1. The molecule has 0 aliphatic carbocycles. The van der Waals surface area contributed by atoms with Gasteiger partial charge in [0, 0.05) is 20.1 Å². The molecule has 1 aromatic heterocycles. The van der Waals surface area contributed by atoms with Gasteiger partial charge in [0.15, 0.2) is 0 Å². The van der Waals surface area contributed by atoms with Crippen molar-refractivity contribution in [1.29, 1.82) is 0 Å². The van der Waals surface area contributed by atoms with Gasteiger partial charge < -0.3 is 15.3 Å². The lowest BCUT2D eigenvalue weighted by molar-refractivity contribution is 0.0350. The largest absolute Gasteiger partial charge is 0.390 e. The van der Waals surface area contributed by atoms with Crippen molar-refractivity contribution in [3.8, 4) is 0 Å². The van der Waals surface area contributed by atoms with Crippen LogP contribution in [0.5, 0.6) is 0 Å². The highest BCUT2D eigenvalue weighted by Crippen LogP contribution is 2.32. The van der Waals surface area contributed by atoms with Gasteiger partial charge in [0.25, 0.3) is 0 Å². The third kappa shape index (κ3) is 2.69. The second kappa shape index (κ2) is 4.78. The van der Waals surface area contributed by atoms with Crippen LogP contribution in [0.1, 0.15) is 19.8 Å². The van der Waals surface area contributed by atoms with E-state index in [2.05, 4.69) is 36.1 Å². The Hall–Kier alpha value is -0.880. The maximum atomic E-state index is 9.93. The molecule has 6 heteroatoms. The predicted octanol–water partition coefficient (Wildman–Crippen LogP) is 1.63. The number of nitrogens with zero attached hydrogens (tertiary/aromatic N) is 3. The Balaban J connectivity index is 2.19. The Labute approximate surface area is 109 Å². The van der Waals surface area contributed by atoms with Crippen LogP contribution in [0.3, 0.4) is 0 Å². The molecule has 0 aromatic carbocycles. The number of nitrogens with one attached hydrogen (secondary N) is 1. The number of hydrogen-bond donors (Lipinski definition) is 2. The number of piperidine rings is 1. The number of aliphatic hydroxyl groups is 1. The van der Waals surface area contributed by atoms with Crippen LogP contribution in [-0.4, -0.2) is 40.8 Å². The Bertz CT molecular complexity index is 400. The minimum absolute atomic E-state index is 0.540. The summed E-state index contributed by atoms with van der Waals surface area (Å²) in [6, 6.07) is 0. The first-order valence-electron chi connectivity index (χ1n) is 5.69. The molecule has 0 unspecified atom stereocenters. The van der Waals surface area contributed by atoms with Gasteiger partial charge in [0.1, 0.15) is 22.4 Å². The average molecular weight is 301 g/mol. The van der Waals surface area contributed by atoms with E-state index >= 15 is 0 Å². The monoisotopic (exact) mass is 300 g/mol. The molecule has 2 N–H and O–H groups in total. The lowest BCUT2D eigenvalue weighted by atomic mass is 9.94. The first-order chi connectivity index (χ1) is 8.03. The van der Waals surface area contributed by atoms with E-state index in [1.54, 1.807) is 6.33 Å². The third-order valence-corrected chi connectivity index (χ3v) is 3.88. The van der Waals surface area contributed by atoms with E-state index in [0.29, 0.717) is 0 Å². The normalized spacial score (nSPS) is 19.2. The molecule has 0 atom stereocenters. The molecule has 0 spiro atoms. The molecule has 1 aliphatic rings. The quantitative estimate of drug-likeness (QED) is 0.869. The van der Waals surface area contributed by atoms with Crippen molar-refractivity contribution in [2.45, 2.75) is 25.4 Å². The van der Waals surface area contributed by atoms with Crippen LogP contribution in [0.15, 0.2) is 10.8 Å². The summed E-state index contributed by atoms with van der Waals surface area (Å²) in [4.78, 5) is 10.6. The smallest absolute Gasteiger partial charge is 0.148 e. The SMILES string of the molecule is CNc1ncnc(N2CCC(C)(O)CC2)c1Br. The number of anilines is 2. The molecule has 94 valence electrons. The van der Waals surface area contributed by atoms with E-state index < -0.39 is 5.60 Å². The van der Waals surface area contributed by atoms with Crippen LogP contribution < -0.4 is 10.2 Å². The molecule has 1 aromatic rings. The topological polar surface area (TPSA) is 61.3 Å². The lowest BCUT2D eigenvalue weighted by Crippen LogP contribution is -2.43. The Morgan fingerprint density at radius 1 is 1.41 bits per heavy atom. The van der Waals surface area contributed by atoms with E-state index in [4.69, 9.17) is 0 Å². The fraction of sp³-hybridized carbons (Fsp3) is 0.636. The molecule has 0 bridgehead atoms. The van der Waals surface area contributed by atoms with Crippen molar-refractivity contribution in [3.05, 3.63) is 10.8 Å². The van der Waals surface area contributed by atoms with Crippen LogP contribution in [0.2, 0.25) is 0 Å². The van der Waals surface area contributed by atoms with Gasteiger partial charge in [-0.2, -0.15) is 0 Å². The fourth-order valence-corrected chi connectivity index (χ4v) is 2.61. The van der Waals surface area contributed by atoms with Crippen LogP contribution >= 0.6 is 15.9 Å². The Morgan fingerprint density at radius 2 is 2.06 bits per heavy atom. The van der Waals surface area contributed by atoms with Crippen molar-refractivity contribution >= 4 is 27.6 Å². The lowest BCUT2D eigenvalue weighted by Gasteiger charge is -2.36. The van der Waals surface area contributed by atoms with Crippen LogP contribution in [0.4, 0.5) is 11.6 Å². The number of rotatable bonds is 2. The molecular weight excluding hydrogens is 284 g/mol. The molecule has 1 aliphatic heterocycles. The average Bonchev–Trinajstić information content (AvgIpc) is 2.30. The maximum Gasteiger partial charge on any atom is 0.148 e. The summed E-state index contributed by atoms with van der Waals surface area (Å²) in [6.07, 6.45) is 3.08. The molecule has 2 rings (SSSR count). The molecule has 1 saturated heterocycles. The van der Waals surface area contributed by atoms with Crippen molar-refractivity contribution in [2.75, 3.05) is 30.4 Å². The Morgan fingerprint density at radius 3 is 2.65 bits per heavy atom. The molecule has 17 heavy (non-hydrogen) atoms. The Kier molecular flexibility index (Phi) is 3.53. The number of halogens is 1. The first kappa shape index (κ1) is 12.6. The molecule has 0 saturated carbocycles. The summed E-state index contributed by atoms with van der Waals surface area (Å²) in [5.74, 6) is 1.67. The molecule has 0 radical (unpaired) electrons. The van der Waals surface area contributed by atoms with E-state index in [-0.39, 0.29) is 0 Å². The summed E-state index contributed by atoms with van der Waals surface area (Å²) in [5, 5.41) is 12.9. The van der Waals surface area contributed by atoms with Gasteiger partial charge in [0.2, 0.25) is 0 Å². The highest BCUT2D eigenvalue weighted by molar-refractivity contribution is 9.10. The molecular formula is C11H17BrN4O. The molecule has 2 heterocycles.